The normalized spacial score (nSPS) is 22.4. The van der Waals surface area contributed by atoms with Crippen LogP contribution in [0.2, 0.25) is 0 Å². The van der Waals surface area contributed by atoms with Crippen molar-refractivity contribution in [2.45, 2.75) is 51.0 Å². The number of likely N-dealkylation sites (tertiary alicyclic amines) is 1. The van der Waals surface area contributed by atoms with E-state index in [2.05, 4.69) is 0 Å². The third kappa shape index (κ3) is 3.68. The van der Waals surface area contributed by atoms with E-state index in [4.69, 9.17) is 15.5 Å². The molecule has 2 aromatic rings. The zero-order chi connectivity index (χ0) is 19.9. The Balaban J connectivity index is 1.39. The molecule has 3 heterocycles. The van der Waals surface area contributed by atoms with E-state index in [1.165, 1.54) is 0 Å². The third-order valence-electron chi connectivity index (χ3n) is 5.89. The van der Waals surface area contributed by atoms with Crippen molar-refractivity contribution in [2.24, 2.45) is 5.92 Å². The summed E-state index contributed by atoms with van der Waals surface area (Å²) in [5.41, 5.74) is 8.41. The van der Waals surface area contributed by atoms with E-state index in [-0.39, 0.29) is 30.1 Å². The van der Waals surface area contributed by atoms with Crippen molar-refractivity contribution in [3.05, 3.63) is 36.0 Å². The highest BCUT2D eigenvalue weighted by atomic mass is 16.6. The van der Waals surface area contributed by atoms with E-state index in [9.17, 15) is 9.59 Å². The molecule has 148 valence electrons. The van der Waals surface area contributed by atoms with E-state index in [1.54, 1.807) is 0 Å². The molecule has 6 heteroatoms. The number of aromatic nitrogens is 1. The number of nitrogen functional groups attached to an aromatic ring is 1. The Labute approximate surface area is 165 Å². The first-order valence-corrected chi connectivity index (χ1v) is 9.98. The van der Waals surface area contributed by atoms with Gasteiger partial charge in [0.05, 0.1) is 22.8 Å². The van der Waals surface area contributed by atoms with E-state index < -0.39 is 5.60 Å². The fraction of sp³-hybridized carbons (Fsp3) is 0.500. The molecular formula is C22H27N3O3. The third-order valence-corrected chi connectivity index (χ3v) is 5.89. The molecule has 1 aromatic heterocycles. The van der Waals surface area contributed by atoms with Crippen LogP contribution >= 0.6 is 0 Å². The summed E-state index contributed by atoms with van der Waals surface area (Å²) < 4.78 is 5.34. The Morgan fingerprint density at radius 3 is 2.68 bits per heavy atom. The molecule has 0 spiro atoms. The molecule has 0 bridgehead atoms. The molecule has 2 aliphatic heterocycles. The SMILES string of the molecule is CC1(C)CC(CC(=O)N2CCC(c3nc4ccccc4cc3N)CC2)C(=O)O1. The quantitative estimate of drug-likeness (QED) is 0.825. The summed E-state index contributed by atoms with van der Waals surface area (Å²) in [5.74, 6) is -0.277. The number of pyridine rings is 1. The van der Waals surface area contributed by atoms with Gasteiger partial charge in [-0.15, -0.1) is 0 Å². The first kappa shape index (κ1) is 18.7. The van der Waals surface area contributed by atoms with Gasteiger partial charge < -0.3 is 15.4 Å². The second kappa shape index (κ2) is 7.08. The summed E-state index contributed by atoms with van der Waals surface area (Å²) in [7, 11) is 0. The molecule has 6 nitrogen and oxygen atoms in total. The van der Waals surface area contributed by atoms with Gasteiger partial charge in [-0.25, -0.2) is 0 Å². The number of carbonyl (C=O) groups is 2. The Bertz CT molecular complexity index is 916. The van der Waals surface area contributed by atoms with Crippen LogP contribution in [0, 0.1) is 5.92 Å². The van der Waals surface area contributed by atoms with Crippen LogP contribution in [0.3, 0.4) is 0 Å². The van der Waals surface area contributed by atoms with Gasteiger partial charge in [0.1, 0.15) is 5.60 Å². The highest BCUT2D eigenvalue weighted by molar-refractivity contribution is 5.84. The van der Waals surface area contributed by atoms with Crippen LogP contribution in [-0.4, -0.2) is 40.5 Å². The topological polar surface area (TPSA) is 85.5 Å². The largest absolute Gasteiger partial charge is 0.459 e. The Kier molecular flexibility index (Phi) is 4.73. The fourth-order valence-electron chi connectivity index (χ4n) is 4.45. The molecule has 1 amide bonds. The minimum atomic E-state index is -0.464. The van der Waals surface area contributed by atoms with Crippen molar-refractivity contribution < 1.29 is 14.3 Å². The van der Waals surface area contributed by atoms with Gasteiger partial charge in [0.15, 0.2) is 0 Å². The van der Waals surface area contributed by atoms with Gasteiger partial charge in [-0.1, -0.05) is 18.2 Å². The summed E-state index contributed by atoms with van der Waals surface area (Å²) >= 11 is 0. The highest BCUT2D eigenvalue weighted by Gasteiger charge is 2.41. The second-order valence-corrected chi connectivity index (χ2v) is 8.60. The molecule has 1 unspecified atom stereocenters. The molecule has 1 aromatic carbocycles. The molecule has 2 N–H and O–H groups in total. The van der Waals surface area contributed by atoms with Crippen molar-refractivity contribution in [2.75, 3.05) is 18.8 Å². The van der Waals surface area contributed by atoms with Crippen LogP contribution in [0.25, 0.3) is 10.9 Å². The average Bonchev–Trinajstić information content (AvgIpc) is 2.92. The summed E-state index contributed by atoms with van der Waals surface area (Å²) in [5, 5.41) is 1.04. The van der Waals surface area contributed by atoms with E-state index in [0.717, 1.165) is 35.1 Å². The standard InChI is InChI=1S/C22H27N3O3/c1-22(2)13-16(21(27)28-22)12-19(26)25-9-7-14(8-10-25)20-17(23)11-15-5-3-4-6-18(15)24-20/h3-6,11,14,16H,7-10,12-13,23H2,1-2H3. The van der Waals surface area contributed by atoms with Gasteiger partial charge in [-0.2, -0.15) is 0 Å². The smallest absolute Gasteiger partial charge is 0.310 e. The summed E-state index contributed by atoms with van der Waals surface area (Å²) in [6.45, 7) is 5.12. The van der Waals surface area contributed by atoms with Crippen molar-refractivity contribution in [3.63, 3.8) is 0 Å². The Morgan fingerprint density at radius 1 is 1.29 bits per heavy atom. The minimum absolute atomic E-state index is 0.0394. The lowest BCUT2D eigenvalue weighted by Gasteiger charge is -2.32. The van der Waals surface area contributed by atoms with Crippen LogP contribution in [0.1, 0.15) is 51.1 Å². The highest BCUT2D eigenvalue weighted by Crippen LogP contribution is 2.35. The van der Waals surface area contributed by atoms with Gasteiger partial charge in [0.25, 0.3) is 0 Å². The molecule has 0 radical (unpaired) electrons. The lowest BCUT2D eigenvalue weighted by atomic mass is 9.90. The molecule has 2 fully saturated rings. The number of hydrogen-bond acceptors (Lipinski definition) is 5. The predicted molar refractivity (Wildman–Crippen MR) is 108 cm³/mol. The number of anilines is 1. The van der Waals surface area contributed by atoms with Gasteiger partial charge >= 0.3 is 5.97 Å². The molecule has 1 atom stereocenters. The van der Waals surface area contributed by atoms with E-state index >= 15 is 0 Å². The predicted octanol–water partition coefficient (Wildman–Crippen LogP) is 3.25. The molecular weight excluding hydrogens is 354 g/mol. The van der Waals surface area contributed by atoms with Crippen LogP contribution in [-0.2, 0) is 14.3 Å². The number of piperidine rings is 1. The number of fused-ring (bicyclic) bond motifs is 1. The van der Waals surface area contributed by atoms with Crippen molar-refractivity contribution in [1.82, 2.24) is 9.88 Å². The lowest BCUT2D eigenvalue weighted by molar-refractivity contribution is -0.150. The maximum Gasteiger partial charge on any atom is 0.310 e. The Hall–Kier alpha value is -2.63. The van der Waals surface area contributed by atoms with Gasteiger partial charge in [0.2, 0.25) is 5.91 Å². The van der Waals surface area contributed by atoms with Crippen molar-refractivity contribution >= 4 is 28.5 Å². The van der Waals surface area contributed by atoms with E-state index in [1.807, 2.05) is 49.1 Å². The Morgan fingerprint density at radius 2 is 2.00 bits per heavy atom. The number of amides is 1. The van der Waals surface area contributed by atoms with Crippen LogP contribution in [0.5, 0.6) is 0 Å². The fourth-order valence-corrected chi connectivity index (χ4v) is 4.45. The molecule has 4 rings (SSSR count). The number of hydrogen-bond donors (Lipinski definition) is 1. The molecule has 28 heavy (non-hydrogen) atoms. The number of para-hydroxylation sites is 1. The van der Waals surface area contributed by atoms with Gasteiger partial charge in [-0.05, 0) is 38.8 Å². The zero-order valence-electron chi connectivity index (χ0n) is 16.5. The summed E-state index contributed by atoms with van der Waals surface area (Å²) in [6.07, 6.45) is 2.51. The molecule has 2 aliphatic rings. The number of nitrogens with two attached hydrogens (primary N) is 1. The number of nitrogens with zero attached hydrogens (tertiary/aromatic N) is 2. The minimum Gasteiger partial charge on any atom is -0.459 e. The first-order chi connectivity index (χ1) is 13.3. The molecule has 0 saturated carbocycles. The number of esters is 1. The number of rotatable bonds is 3. The monoisotopic (exact) mass is 381 g/mol. The number of carbonyl (C=O) groups excluding carboxylic acids is 2. The zero-order valence-corrected chi connectivity index (χ0v) is 16.5. The maximum absolute atomic E-state index is 12.7. The molecule has 2 saturated heterocycles. The van der Waals surface area contributed by atoms with Gasteiger partial charge in [-0.3, -0.25) is 14.6 Å². The lowest BCUT2D eigenvalue weighted by Crippen LogP contribution is -2.39. The number of ether oxygens (including phenoxy) is 1. The van der Waals surface area contributed by atoms with Crippen LogP contribution in [0.15, 0.2) is 30.3 Å². The second-order valence-electron chi connectivity index (χ2n) is 8.60. The van der Waals surface area contributed by atoms with Crippen LogP contribution < -0.4 is 5.73 Å². The van der Waals surface area contributed by atoms with Crippen molar-refractivity contribution in [3.8, 4) is 0 Å². The number of cyclic esters (lactones) is 1. The molecule has 0 aliphatic carbocycles. The van der Waals surface area contributed by atoms with Crippen LogP contribution in [0.4, 0.5) is 5.69 Å². The first-order valence-electron chi connectivity index (χ1n) is 9.98. The van der Waals surface area contributed by atoms with Crippen molar-refractivity contribution in [1.29, 1.82) is 0 Å². The van der Waals surface area contributed by atoms with Gasteiger partial charge in [0, 0.05) is 37.2 Å². The average molecular weight is 381 g/mol. The summed E-state index contributed by atoms with van der Waals surface area (Å²) in [6, 6.07) is 9.96. The number of benzene rings is 1. The maximum atomic E-state index is 12.7. The van der Waals surface area contributed by atoms with E-state index in [0.29, 0.717) is 19.5 Å². The summed E-state index contributed by atoms with van der Waals surface area (Å²) in [4.78, 5) is 31.3.